The summed E-state index contributed by atoms with van der Waals surface area (Å²) in [6, 6.07) is 8.51. The van der Waals surface area contributed by atoms with E-state index in [9.17, 15) is 14.0 Å². The topological polar surface area (TPSA) is 85.8 Å². The van der Waals surface area contributed by atoms with E-state index in [1.165, 1.54) is 29.3 Å². The summed E-state index contributed by atoms with van der Waals surface area (Å²) in [6.45, 7) is 2.77. The zero-order valence-electron chi connectivity index (χ0n) is 14.1. The highest BCUT2D eigenvalue weighted by molar-refractivity contribution is 5.92. The number of pyridine rings is 1. The number of carboxylic acid groups (broad SMARTS) is 1. The van der Waals surface area contributed by atoms with E-state index in [1.807, 2.05) is 0 Å². The first-order valence-corrected chi connectivity index (χ1v) is 8.25. The molecule has 2 N–H and O–H groups in total. The molecule has 3 rings (SSSR count). The number of anilines is 1. The van der Waals surface area contributed by atoms with Crippen molar-refractivity contribution < 1.29 is 19.1 Å². The van der Waals surface area contributed by atoms with Gasteiger partial charge in [-0.25, -0.2) is 14.0 Å². The van der Waals surface area contributed by atoms with Crippen LogP contribution in [0.1, 0.15) is 16.1 Å². The van der Waals surface area contributed by atoms with Crippen LogP contribution in [0.25, 0.3) is 0 Å². The quantitative estimate of drug-likeness (QED) is 0.873. The van der Waals surface area contributed by atoms with Gasteiger partial charge in [0.05, 0.1) is 17.8 Å². The third-order valence-electron chi connectivity index (χ3n) is 4.15. The van der Waals surface area contributed by atoms with Crippen molar-refractivity contribution in [1.82, 2.24) is 15.2 Å². The first kappa shape index (κ1) is 17.8. The number of carboxylic acids is 1. The molecule has 1 aromatic heterocycles. The Balaban J connectivity index is 1.85. The average Bonchev–Trinajstić information content (AvgIpc) is 2.67. The van der Waals surface area contributed by atoms with Crippen molar-refractivity contribution in [1.29, 1.82) is 0 Å². The van der Waals surface area contributed by atoms with Gasteiger partial charge in [-0.1, -0.05) is 0 Å². The molecule has 0 aliphatic carbocycles. The number of nitrogens with one attached hydrogen (secondary N) is 1. The standard InChI is InChI=1S/C18H19FN4O3/c19-14-2-5-16(6-3-14)23(18(26)22-9-7-20-8-10-22)12-15-4-1-13(11-21-15)17(24)25/h1-6,11,20H,7-10,12H2,(H,24,25). The maximum Gasteiger partial charge on any atom is 0.337 e. The summed E-state index contributed by atoms with van der Waals surface area (Å²) in [7, 11) is 0. The third kappa shape index (κ3) is 4.15. The van der Waals surface area contributed by atoms with E-state index in [0.717, 1.165) is 0 Å². The summed E-state index contributed by atoms with van der Waals surface area (Å²) in [4.78, 5) is 31.3. The third-order valence-corrected chi connectivity index (χ3v) is 4.15. The minimum absolute atomic E-state index is 0.0792. The second kappa shape index (κ2) is 7.92. The van der Waals surface area contributed by atoms with Crippen LogP contribution in [0, 0.1) is 5.82 Å². The Bertz CT molecular complexity index is 774. The Labute approximate surface area is 150 Å². The highest BCUT2D eigenvalue weighted by atomic mass is 19.1. The summed E-state index contributed by atoms with van der Waals surface area (Å²) >= 11 is 0. The lowest BCUT2D eigenvalue weighted by molar-refractivity contribution is 0.0696. The second-order valence-electron chi connectivity index (χ2n) is 5.93. The molecule has 0 spiro atoms. The van der Waals surface area contributed by atoms with E-state index in [4.69, 9.17) is 5.11 Å². The average molecular weight is 358 g/mol. The smallest absolute Gasteiger partial charge is 0.337 e. The van der Waals surface area contributed by atoms with E-state index >= 15 is 0 Å². The van der Waals surface area contributed by atoms with E-state index in [2.05, 4.69) is 10.3 Å². The van der Waals surface area contributed by atoms with E-state index in [1.54, 1.807) is 23.1 Å². The molecule has 0 unspecified atom stereocenters. The zero-order chi connectivity index (χ0) is 18.5. The van der Waals surface area contributed by atoms with Crippen molar-refractivity contribution in [3.63, 3.8) is 0 Å². The Morgan fingerprint density at radius 1 is 1.15 bits per heavy atom. The Morgan fingerprint density at radius 3 is 2.42 bits per heavy atom. The molecule has 2 heterocycles. The molecule has 1 fully saturated rings. The van der Waals surface area contributed by atoms with Crippen molar-refractivity contribution in [2.24, 2.45) is 0 Å². The molecule has 1 saturated heterocycles. The maximum absolute atomic E-state index is 13.3. The molecule has 1 aliphatic heterocycles. The van der Waals surface area contributed by atoms with Crippen LogP contribution >= 0.6 is 0 Å². The Hall–Kier alpha value is -3.00. The molecule has 2 aromatic rings. The van der Waals surface area contributed by atoms with Gasteiger partial charge in [-0.3, -0.25) is 9.88 Å². The van der Waals surface area contributed by atoms with Crippen LogP contribution in [-0.2, 0) is 6.54 Å². The maximum atomic E-state index is 13.3. The Morgan fingerprint density at radius 2 is 1.85 bits per heavy atom. The number of nitrogens with zero attached hydrogens (tertiary/aromatic N) is 3. The molecule has 8 heteroatoms. The number of hydrogen-bond acceptors (Lipinski definition) is 4. The summed E-state index contributed by atoms with van der Waals surface area (Å²) < 4.78 is 13.3. The van der Waals surface area contributed by atoms with Crippen LogP contribution in [0.5, 0.6) is 0 Å². The fraction of sp³-hybridized carbons (Fsp3) is 0.278. The number of carbonyl (C=O) groups is 2. The van der Waals surface area contributed by atoms with Gasteiger partial charge in [0.15, 0.2) is 0 Å². The van der Waals surface area contributed by atoms with Gasteiger partial charge in [0.2, 0.25) is 0 Å². The lowest BCUT2D eigenvalue weighted by Crippen LogP contribution is -2.51. The van der Waals surface area contributed by atoms with Crippen LogP contribution < -0.4 is 10.2 Å². The van der Waals surface area contributed by atoms with Crippen LogP contribution in [0.15, 0.2) is 42.6 Å². The SMILES string of the molecule is O=C(O)c1ccc(CN(C(=O)N2CCNCC2)c2ccc(F)cc2)nc1. The van der Waals surface area contributed by atoms with Gasteiger partial charge in [-0.2, -0.15) is 0 Å². The number of rotatable bonds is 4. The van der Waals surface area contributed by atoms with Crippen LogP contribution in [-0.4, -0.2) is 53.2 Å². The molecule has 0 atom stereocenters. The first-order valence-electron chi connectivity index (χ1n) is 8.25. The zero-order valence-corrected chi connectivity index (χ0v) is 14.1. The largest absolute Gasteiger partial charge is 0.478 e. The lowest BCUT2D eigenvalue weighted by Gasteiger charge is -2.33. The van der Waals surface area contributed by atoms with Gasteiger partial charge < -0.3 is 15.3 Å². The number of piperazine rings is 1. The van der Waals surface area contributed by atoms with E-state index in [0.29, 0.717) is 37.6 Å². The number of aromatic carboxylic acids is 1. The van der Waals surface area contributed by atoms with Crippen molar-refractivity contribution in [2.45, 2.75) is 6.54 Å². The van der Waals surface area contributed by atoms with Crippen LogP contribution in [0.2, 0.25) is 0 Å². The predicted molar refractivity (Wildman–Crippen MR) is 93.6 cm³/mol. The molecule has 26 heavy (non-hydrogen) atoms. The van der Waals surface area contributed by atoms with Crippen molar-refractivity contribution in [3.05, 3.63) is 59.7 Å². The highest BCUT2D eigenvalue weighted by Gasteiger charge is 2.24. The van der Waals surface area contributed by atoms with E-state index in [-0.39, 0.29) is 24.0 Å². The van der Waals surface area contributed by atoms with Gasteiger partial charge in [0, 0.05) is 38.1 Å². The molecule has 136 valence electrons. The number of hydrogen-bond donors (Lipinski definition) is 2. The number of amides is 2. The molecule has 7 nitrogen and oxygen atoms in total. The van der Waals surface area contributed by atoms with Gasteiger partial charge in [-0.15, -0.1) is 0 Å². The number of benzene rings is 1. The molecular weight excluding hydrogens is 339 g/mol. The van der Waals surface area contributed by atoms with Crippen molar-refractivity contribution in [2.75, 3.05) is 31.1 Å². The summed E-state index contributed by atoms with van der Waals surface area (Å²) in [5.74, 6) is -1.44. The van der Waals surface area contributed by atoms with Gasteiger partial charge in [-0.05, 0) is 36.4 Å². The van der Waals surface area contributed by atoms with Gasteiger partial charge in [0.25, 0.3) is 0 Å². The fourth-order valence-electron chi connectivity index (χ4n) is 2.72. The van der Waals surface area contributed by atoms with E-state index < -0.39 is 5.97 Å². The molecule has 1 aromatic carbocycles. The minimum Gasteiger partial charge on any atom is -0.478 e. The number of halogens is 1. The molecule has 2 amide bonds. The fourth-order valence-corrected chi connectivity index (χ4v) is 2.72. The number of aromatic nitrogens is 1. The Kier molecular flexibility index (Phi) is 5.43. The normalized spacial score (nSPS) is 14.1. The molecule has 0 bridgehead atoms. The predicted octanol–water partition coefficient (Wildman–Crippen LogP) is 1.95. The molecular formula is C18H19FN4O3. The minimum atomic E-state index is -1.06. The summed E-state index contributed by atoms with van der Waals surface area (Å²) in [5.41, 5.74) is 1.18. The van der Waals surface area contributed by atoms with Gasteiger partial charge >= 0.3 is 12.0 Å². The summed E-state index contributed by atoms with van der Waals surface area (Å²) in [6.07, 6.45) is 1.26. The molecule has 0 saturated carbocycles. The first-order chi connectivity index (χ1) is 12.5. The second-order valence-corrected chi connectivity index (χ2v) is 5.93. The number of urea groups is 1. The molecule has 1 aliphatic rings. The van der Waals surface area contributed by atoms with Crippen LogP contribution in [0.4, 0.5) is 14.9 Å². The van der Waals surface area contributed by atoms with Crippen molar-refractivity contribution >= 4 is 17.7 Å². The monoisotopic (exact) mass is 358 g/mol. The lowest BCUT2D eigenvalue weighted by atomic mass is 10.2. The van der Waals surface area contributed by atoms with Gasteiger partial charge in [0.1, 0.15) is 5.82 Å². The highest BCUT2D eigenvalue weighted by Crippen LogP contribution is 2.20. The summed E-state index contributed by atoms with van der Waals surface area (Å²) in [5, 5.41) is 12.2. The number of carbonyl (C=O) groups excluding carboxylic acids is 1. The van der Waals surface area contributed by atoms with Crippen LogP contribution in [0.3, 0.4) is 0 Å². The molecule has 0 radical (unpaired) electrons. The van der Waals surface area contributed by atoms with Crippen molar-refractivity contribution in [3.8, 4) is 0 Å².